The number of hydrogen-bond donors (Lipinski definition) is 1. The normalized spacial score (nSPS) is 39.5. The molecule has 13 heavy (non-hydrogen) atoms. The molecule has 2 rings (SSSR count). The molecule has 74 valence electrons. The molecule has 1 heteroatoms. The number of hydrogen-bond acceptors (Lipinski definition) is 1. The summed E-state index contributed by atoms with van der Waals surface area (Å²) in [6, 6.07) is 0. The molecule has 2 atom stereocenters. The third kappa shape index (κ3) is 1.54. The van der Waals surface area contributed by atoms with Crippen LogP contribution in [0.3, 0.4) is 0 Å². The van der Waals surface area contributed by atoms with E-state index in [0.29, 0.717) is 17.9 Å². The molecule has 0 heterocycles. The van der Waals surface area contributed by atoms with Gasteiger partial charge in [-0.3, -0.25) is 0 Å². The zero-order valence-electron chi connectivity index (χ0n) is 8.55. The van der Waals surface area contributed by atoms with E-state index in [-0.39, 0.29) is 0 Å². The van der Waals surface area contributed by atoms with Gasteiger partial charge in [-0.05, 0) is 42.6 Å². The molecule has 1 N–H and O–H groups in total. The molecular formula is C12H20O. The van der Waals surface area contributed by atoms with Gasteiger partial charge in [0.05, 0.1) is 6.61 Å². The Labute approximate surface area is 80.8 Å². The zero-order valence-corrected chi connectivity index (χ0v) is 8.55. The fraction of sp³-hybridized carbons (Fsp3) is 0.833. The van der Waals surface area contributed by atoms with Gasteiger partial charge in [0.2, 0.25) is 0 Å². The van der Waals surface area contributed by atoms with Gasteiger partial charge in [0.15, 0.2) is 0 Å². The minimum atomic E-state index is 0.292. The molecule has 0 aromatic heterocycles. The number of aliphatic hydroxyl groups excluding tert-OH is 1. The van der Waals surface area contributed by atoms with Crippen molar-refractivity contribution < 1.29 is 5.11 Å². The van der Waals surface area contributed by atoms with Crippen LogP contribution in [0.15, 0.2) is 11.6 Å². The van der Waals surface area contributed by atoms with Crippen molar-refractivity contribution >= 4 is 0 Å². The minimum Gasteiger partial charge on any atom is -0.392 e. The van der Waals surface area contributed by atoms with Crippen LogP contribution in [0.5, 0.6) is 0 Å². The first-order valence-corrected chi connectivity index (χ1v) is 5.56. The van der Waals surface area contributed by atoms with E-state index < -0.39 is 0 Å². The first-order chi connectivity index (χ1) is 6.26. The van der Waals surface area contributed by atoms with E-state index in [1.807, 2.05) is 0 Å². The molecule has 0 aliphatic heterocycles. The predicted octanol–water partition coefficient (Wildman–Crippen LogP) is 2.90. The van der Waals surface area contributed by atoms with Gasteiger partial charge in [-0.1, -0.05) is 25.8 Å². The van der Waals surface area contributed by atoms with Crippen LogP contribution >= 0.6 is 0 Å². The second kappa shape index (κ2) is 3.45. The van der Waals surface area contributed by atoms with Crippen molar-refractivity contribution in [2.75, 3.05) is 6.61 Å². The maximum Gasteiger partial charge on any atom is 0.0644 e. The first kappa shape index (κ1) is 9.26. The lowest BCUT2D eigenvalue weighted by Crippen LogP contribution is -2.35. The average molecular weight is 180 g/mol. The maximum absolute atomic E-state index is 9.28. The summed E-state index contributed by atoms with van der Waals surface area (Å²) in [5.74, 6) is 0.694. The van der Waals surface area contributed by atoms with Crippen LogP contribution in [0.1, 0.15) is 45.4 Å². The lowest BCUT2D eigenvalue weighted by molar-refractivity contribution is 0.110. The molecule has 0 amide bonds. The second-order valence-corrected chi connectivity index (χ2v) is 4.93. The van der Waals surface area contributed by atoms with Gasteiger partial charge in [0, 0.05) is 0 Å². The number of fused-ring (bicyclic) bond motifs is 1. The predicted molar refractivity (Wildman–Crippen MR) is 54.5 cm³/mol. The monoisotopic (exact) mass is 180 g/mol. The number of allylic oxidation sites excluding steroid dienone is 1. The van der Waals surface area contributed by atoms with Crippen LogP contribution in [0.2, 0.25) is 0 Å². The highest BCUT2D eigenvalue weighted by molar-refractivity contribution is 5.16. The summed E-state index contributed by atoms with van der Waals surface area (Å²) in [5.41, 5.74) is 1.85. The van der Waals surface area contributed by atoms with Crippen molar-refractivity contribution in [2.24, 2.45) is 11.3 Å². The zero-order chi connectivity index (χ0) is 9.31. The quantitative estimate of drug-likeness (QED) is 0.615. The molecule has 0 aromatic rings. The van der Waals surface area contributed by atoms with Crippen LogP contribution in [-0.2, 0) is 0 Å². The third-order valence-corrected chi connectivity index (χ3v) is 4.08. The van der Waals surface area contributed by atoms with E-state index in [1.54, 1.807) is 0 Å². The van der Waals surface area contributed by atoms with Crippen LogP contribution in [0.4, 0.5) is 0 Å². The molecule has 2 aliphatic carbocycles. The Kier molecular flexibility index (Phi) is 2.46. The lowest BCUT2D eigenvalue weighted by atomic mass is 9.60. The topological polar surface area (TPSA) is 20.2 Å². The molecule has 0 saturated heterocycles. The number of aliphatic hydroxyl groups is 1. The number of rotatable bonds is 1. The average Bonchev–Trinajstić information content (AvgIpc) is 2.15. The van der Waals surface area contributed by atoms with Crippen molar-refractivity contribution in [1.29, 1.82) is 0 Å². The summed E-state index contributed by atoms with van der Waals surface area (Å²) in [6.45, 7) is 2.71. The van der Waals surface area contributed by atoms with E-state index in [4.69, 9.17) is 0 Å². The van der Waals surface area contributed by atoms with Crippen molar-refractivity contribution in [2.45, 2.75) is 45.4 Å². The largest absolute Gasteiger partial charge is 0.392 e. The van der Waals surface area contributed by atoms with Gasteiger partial charge < -0.3 is 5.11 Å². The van der Waals surface area contributed by atoms with Gasteiger partial charge in [-0.15, -0.1) is 0 Å². The van der Waals surface area contributed by atoms with Gasteiger partial charge in [-0.25, -0.2) is 0 Å². The second-order valence-electron chi connectivity index (χ2n) is 4.93. The van der Waals surface area contributed by atoms with Gasteiger partial charge in [0.1, 0.15) is 0 Å². The molecule has 1 saturated carbocycles. The Bertz CT molecular complexity index is 219. The molecule has 2 unspecified atom stereocenters. The summed E-state index contributed by atoms with van der Waals surface area (Å²) in [4.78, 5) is 0. The van der Waals surface area contributed by atoms with E-state index in [2.05, 4.69) is 13.0 Å². The smallest absolute Gasteiger partial charge is 0.0644 e. The highest BCUT2D eigenvalue weighted by Gasteiger charge is 2.39. The van der Waals surface area contributed by atoms with Crippen molar-refractivity contribution in [3.8, 4) is 0 Å². The van der Waals surface area contributed by atoms with Gasteiger partial charge >= 0.3 is 0 Å². The molecule has 1 nitrogen and oxygen atoms in total. The summed E-state index contributed by atoms with van der Waals surface area (Å²) >= 11 is 0. The summed E-state index contributed by atoms with van der Waals surface area (Å²) in [5, 5.41) is 9.28. The molecule has 2 aliphatic rings. The van der Waals surface area contributed by atoms with Crippen LogP contribution in [0.25, 0.3) is 0 Å². The Morgan fingerprint density at radius 2 is 2.31 bits per heavy atom. The summed E-state index contributed by atoms with van der Waals surface area (Å²) in [6.07, 6.45) is 10.2. The van der Waals surface area contributed by atoms with E-state index in [1.165, 1.54) is 44.1 Å². The van der Waals surface area contributed by atoms with Gasteiger partial charge in [0.25, 0.3) is 0 Å². The van der Waals surface area contributed by atoms with Gasteiger partial charge in [-0.2, -0.15) is 0 Å². The Morgan fingerprint density at radius 3 is 3.08 bits per heavy atom. The van der Waals surface area contributed by atoms with E-state index in [0.717, 1.165) is 0 Å². The lowest BCUT2D eigenvalue weighted by Gasteiger charge is -2.45. The Hall–Kier alpha value is -0.300. The van der Waals surface area contributed by atoms with Crippen LogP contribution < -0.4 is 0 Å². The van der Waals surface area contributed by atoms with Crippen LogP contribution in [0, 0.1) is 11.3 Å². The molecular weight excluding hydrogens is 160 g/mol. The van der Waals surface area contributed by atoms with Crippen LogP contribution in [-0.4, -0.2) is 11.7 Å². The Balaban J connectivity index is 2.21. The molecule has 1 fully saturated rings. The molecule has 0 spiro atoms. The standard InChI is InChI=1S/C12H20O/c1-12-7-3-2-6-11(12)10(9-13)5-4-8-12/h5,11,13H,2-4,6-9H2,1H3. The SMILES string of the molecule is CC12CCC=C(CO)C1CCCC2. The first-order valence-electron chi connectivity index (χ1n) is 5.56. The van der Waals surface area contributed by atoms with E-state index in [9.17, 15) is 5.11 Å². The van der Waals surface area contributed by atoms with E-state index >= 15 is 0 Å². The van der Waals surface area contributed by atoms with Crippen molar-refractivity contribution in [1.82, 2.24) is 0 Å². The maximum atomic E-state index is 9.28. The summed E-state index contributed by atoms with van der Waals surface area (Å²) < 4.78 is 0. The molecule has 0 bridgehead atoms. The fourth-order valence-corrected chi connectivity index (χ4v) is 3.24. The third-order valence-electron chi connectivity index (χ3n) is 4.08. The fourth-order valence-electron chi connectivity index (χ4n) is 3.24. The van der Waals surface area contributed by atoms with Crippen molar-refractivity contribution in [3.05, 3.63) is 11.6 Å². The highest BCUT2D eigenvalue weighted by atomic mass is 16.3. The Morgan fingerprint density at radius 1 is 1.46 bits per heavy atom. The molecule has 0 radical (unpaired) electrons. The highest BCUT2D eigenvalue weighted by Crippen LogP contribution is 2.50. The minimum absolute atomic E-state index is 0.292. The summed E-state index contributed by atoms with van der Waals surface area (Å²) in [7, 11) is 0. The van der Waals surface area contributed by atoms with Crippen molar-refractivity contribution in [3.63, 3.8) is 0 Å². The molecule has 0 aromatic carbocycles.